The third-order valence-corrected chi connectivity index (χ3v) is 6.62. The van der Waals surface area contributed by atoms with Crippen LogP contribution in [0.1, 0.15) is 49.9 Å². The smallest absolute Gasteiger partial charge is 0.417 e. The Balaban J connectivity index is 1.67. The average Bonchev–Trinajstić information content (AvgIpc) is 3.27. The molecule has 0 saturated carbocycles. The van der Waals surface area contributed by atoms with Gasteiger partial charge in [0.2, 0.25) is 11.8 Å². The van der Waals surface area contributed by atoms with Crippen molar-refractivity contribution in [2.45, 2.75) is 50.8 Å². The van der Waals surface area contributed by atoms with Crippen LogP contribution < -0.4 is 4.90 Å². The number of amides is 3. The number of carbonyl (C=O) groups excluding carboxylic acids is 3. The maximum Gasteiger partial charge on any atom is 0.417 e. The van der Waals surface area contributed by atoms with E-state index < -0.39 is 29.1 Å². The van der Waals surface area contributed by atoms with Crippen LogP contribution >= 0.6 is 0 Å². The molecule has 178 valence electrons. The molecule has 2 atom stereocenters. The summed E-state index contributed by atoms with van der Waals surface area (Å²) in [5.74, 6) is -0.603. The lowest BCUT2D eigenvalue weighted by Gasteiger charge is -2.34. The predicted molar refractivity (Wildman–Crippen MR) is 133 cm³/mol. The number of fused-ring (bicyclic) bond motifs is 2. The van der Waals surface area contributed by atoms with Crippen molar-refractivity contribution in [1.29, 1.82) is 0 Å². The van der Waals surface area contributed by atoms with Gasteiger partial charge < -0.3 is 9.64 Å². The van der Waals surface area contributed by atoms with Crippen molar-refractivity contribution in [3.05, 3.63) is 102 Å². The number of likely N-dealkylation sites (tertiary alicyclic amines) is 1. The Morgan fingerprint density at radius 2 is 1.51 bits per heavy atom. The van der Waals surface area contributed by atoms with Crippen molar-refractivity contribution >= 4 is 23.6 Å². The first kappa shape index (κ1) is 22.8. The summed E-state index contributed by atoms with van der Waals surface area (Å²) < 4.78 is 5.63. The van der Waals surface area contributed by atoms with Gasteiger partial charge in [-0.3, -0.25) is 9.59 Å². The highest BCUT2D eigenvalue weighted by molar-refractivity contribution is 6.14. The highest BCUT2D eigenvalue weighted by atomic mass is 16.6. The molecular weight excluding hydrogens is 440 g/mol. The molecule has 3 aromatic carbocycles. The van der Waals surface area contributed by atoms with E-state index in [1.54, 1.807) is 25.7 Å². The molecule has 0 N–H and O–H groups in total. The second-order valence-corrected chi connectivity index (χ2v) is 10.1. The summed E-state index contributed by atoms with van der Waals surface area (Å²) >= 11 is 0. The number of hydrogen-bond donors (Lipinski definition) is 0. The highest BCUT2D eigenvalue weighted by Gasteiger charge is 2.65. The normalized spacial score (nSPS) is 21.5. The summed E-state index contributed by atoms with van der Waals surface area (Å²) in [4.78, 5) is 44.1. The second-order valence-electron chi connectivity index (χ2n) is 10.1. The molecule has 1 saturated heterocycles. The fourth-order valence-corrected chi connectivity index (χ4v) is 5.28. The van der Waals surface area contributed by atoms with Crippen LogP contribution in [0.3, 0.4) is 0 Å². The summed E-state index contributed by atoms with van der Waals surface area (Å²) in [5.41, 5.74) is 1.20. The van der Waals surface area contributed by atoms with Crippen molar-refractivity contribution < 1.29 is 19.1 Å². The van der Waals surface area contributed by atoms with Crippen LogP contribution in [0.15, 0.2) is 84.9 Å². The maximum atomic E-state index is 14.4. The summed E-state index contributed by atoms with van der Waals surface area (Å²) in [6.45, 7) is 5.66. The van der Waals surface area contributed by atoms with E-state index in [4.69, 9.17) is 4.74 Å². The number of hydrogen-bond acceptors (Lipinski definition) is 4. The van der Waals surface area contributed by atoms with Crippen LogP contribution in [0.5, 0.6) is 0 Å². The van der Waals surface area contributed by atoms with Gasteiger partial charge in [0, 0.05) is 12.1 Å². The summed E-state index contributed by atoms with van der Waals surface area (Å²) in [7, 11) is 0. The van der Waals surface area contributed by atoms with Gasteiger partial charge in [-0.25, -0.2) is 9.69 Å². The molecule has 6 heteroatoms. The Morgan fingerprint density at radius 3 is 2.17 bits per heavy atom. The molecular formula is C29H28N2O4. The molecule has 2 aliphatic heterocycles. The SMILES string of the molecule is CC(C)(C)OC(=O)N1C(=O)C[C@]2(C(=O)N(Cc3ccccc3)c3ccccc32)[C@@H]1c1ccccc1. The van der Waals surface area contributed by atoms with Crippen molar-refractivity contribution in [2.24, 2.45) is 0 Å². The fraction of sp³-hybridized carbons (Fsp3) is 0.276. The summed E-state index contributed by atoms with van der Waals surface area (Å²) in [6, 6.07) is 25.8. The zero-order valence-corrected chi connectivity index (χ0v) is 20.1. The largest absolute Gasteiger partial charge is 0.443 e. The number of nitrogens with zero attached hydrogens (tertiary/aromatic N) is 2. The molecule has 0 aliphatic carbocycles. The molecule has 0 bridgehead atoms. The van der Waals surface area contributed by atoms with Crippen LogP contribution in [-0.4, -0.2) is 28.4 Å². The van der Waals surface area contributed by atoms with Crippen LogP contribution in [-0.2, 0) is 26.3 Å². The Bertz CT molecular complexity index is 1280. The predicted octanol–water partition coefficient (Wildman–Crippen LogP) is 5.38. The van der Waals surface area contributed by atoms with E-state index in [0.29, 0.717) is 12.1 Å². The number of ether oxygens (including phenoxy) is 1. The van der Waals surface area contributed by atoms with E-state index >= 15 is 0 Å². The van der Waals surface area contributed by atoms with E-state index in [0.717, 1.165) is 21.7 Å². The van der Waals surface area contributed by atoms with Gasteiger partial charge in [0.25, 0.3) is 0 Å². The minimum Gasteiger partial charge on any atom is -0.443 e. The van der Waals surface area contributed by atoms with Gasteiger partial charge in [-0.15, -0.1) is 0 Å². The summed E-state index contributed by atoms with van der Waals surface area (Å²) in [6.07, 6.45) is -0.840. The van der Waals surface area contributed by atoms with E-state index in [9.17, 15) is 14.4 Å². The lowest BCUT2D eigenvalue weighted by molar-refractivity contribution is -0.128. The molecule has 6 nitrogen and oxygen atoms in total. The Morgan fingerprint density at radius 1 is 0.914 bits per heavy atom. The number of carbonyl (C=O) groups is 3. The Hall–Kier alpha value is -3.93. The molecule has 1 spiro atoms. The number of para-hydroxylation sites is 1. The van der Waals surface area contributed by atoms with Crippen LogP contribution in [0.25, 0.3) is 0 Å². The van der Waals surface area contributed by atoms with Gasteiger partial charge >= 0.3 is 6.09 Å². The lowest BCUT2D eigenvalue weighted by atomic mass is 9.72. The minimum atomic E-state index is -1.24. The standard InChI is InChI=1S/C29H28N2O4/c1-28(2,3)35-27(34)31-24(32)18-29(25(31)21-14-8-5-9-15-21)22-16-10-11-17-23(22)30(26(29)33)19-20-12-6-4-7-13-20/h4-17,25H,18-19H2,1-3H3/t25-,29+/m0/s1. The van der Waals surface area contributed by atoms with E-state index in [1.165, 1.54) is 0 Å². The number of rotatable bonds is 3. The molecule has 0 aromatic heterocycles. The van der Waals surface area contributed by atoms with Crippen LogP contribution in [0, 0.1) is 0 Å². The first-order chi connectivity index (χ1) is 16.7. The molecule has 5 rings (SSSR count). The maximum absolute atomic E-state index is 14.4. The number of imide groups is 1. The fourth-order valence-electron chi connectivity index (χ4n) is 5.28. The molecule has 0 radical (unpaired) electrons. The van der Waals surface area contributed by atoms with E-state index in [1.807, 2.05) is 84.9 Å². The first-order valence-electron chi connectivity index (χ1n) is 11.8. The molecule has 0 unspecified atom stereocenters. The van der Waals surface area contributed by atoms with Crippen LogP contribution in [0.2, 0.25) is 0 Å². The summed E-state index contributed by atoms with van der Waals surface area (Å²) in [5, 5.41) is 0. The minimum absolute atomic E-state index is 0.104. The third-order valence-electron chi connectivity index (χ3n) is 6.62. The number of benzene rings is 3. The zero-order chi connectivity index (χ0) is 24.8. The molecule has 3 amide bonds. The van der Waals surface area contributed by atoms with Gasteiger partial charge in [0.1, 0.15) is 11.0 Å². The van der Waals surface area contributed by atoms with Gasteiger partial charge in [0.15, 0.2) is 0 Å². The van der Waals surface area contributed by atoms with Gasteiger partial charge in [-0.2, -0.15) is 0 Å². The monoisotopic (exact) mass is 468 g/mol. The third kappa shape index (κ3) is 3.79. The van der Waals surface area contributed by atoms with Crippen LogP contribution in [0.4, 0.5) is 10.5 Å². The Kier molecular flexibility index (Phi) is 5.47. The van der Waals surface area contributed by atoms with Gasteiger partial charge in [0.05, 0.1) is 12.6 Å². The van der Waals surface area contributed by atoms with Crippen molar-refractivity contribution in [3.63, 3.8) is 0 Å². The zero-order valence-electron chi connectivity index (χ0n) is 20.1. The molecule has 2 heterocycles. The van der Waals surface area contributed by atoms with E-state index in [2.05, 4.69) is 0 Å². The molecule has 1 fully saturated rings. The first-order valence-corrected chi connectivity index (χ1v) is 11.8. The number of anilines is 1. The molecule has 2 aliphatic rings. The molecule has 3 aromatic rings. The van der Waals surface area contributed by atoms with Gasteiger partial charge in [-0.05, 0) is 43.5 Å². The topological polar surface area (TPSA) is 66.9 Å². The van der Waals surface area contributed by atoms with Crippen molar-refractivity contribution in [2.75, 3.05) is 4.90 Å². The average molecular weight is 469 g/mol. The van der Waals surface area contributed by atoms with Gasteiger partial charge in [-0.1, -0.05) is 78.9 Å². The second kappa shape index (κ2) is 8.38. The molecule has 35 heavy (non-hydrogen) atoms. The Labute approximate surface area is 205 Å². The lowest BCUT2D eigenvalue weighted by Crippen LogP contribution is -2.46. The quantitative estimate of drug-likeness (QED) is 0.518. The van der Waals surface area contributed by atoms with E-state index in [-0.39, 0.29) is 12.3 Å². The van der Waals surface area contributed by atoms with Crippen molar-refractivity contribution in [3.8, 4) is 0 Å². The highest BCUT2D eigenvalue weighted by Crippen LogP contribution is 2.57. The van der Waals surface area contributed by atoms with Crippen molar-refractivity contribution in [1.82, 2.24) is 4.90 Å².